The predicted octanol–water partition coefficient (Wildman–Crippen LogP) is 2.46. The third-order valence-electron chi connectivity index (χ3n) is 2.93. The minimum absolute atomic E-state index is 0.147. The summed E-state index contributed by atoms with van der Waals surface area (Å²) in [6.45, 7) is 3.56. The van der Waals surface area contributed by atoms with Crippen LogP contribution in [0.5, 0.6) is 0 Å². The summed E-state index contributed by atoms with van der Waals surface area (Å²) >= 11 is 0. The first-order chi connectivity index (χ1) is 9.88. The zero-order valence-electron chi connectivity index (χ0n) is 11.1. The van der Waals surface area contributed by atoms with E-state index in [9.17, 15) is 18.0 Å². The largest absolute Gasteiger partial charge is 0.471 e. The molecular weight excluding hydrogens is 287 g/mol. The van der Waals surface area contributed by atoms with E-state index < -0.39 is 23.8 Å². The standard InChI is InChI=1S/C13H12F3N3O2/c1-3-4-9-11(21-2)19(12(20)18-9)10-7-8(5-6-17-10)13(14,15)16/h3,5-7,9H,1,4H2,2H3/p+1. The SMILES string of the molecule is C=CCC1NC(=O)[N+](c2cc(C(F)(F)F)ccn2)=C1OC. The Morgan fingerprint density at radius 1 is 1.57 bits per heavy atom. The number of nitrogens with one attached hydrogen (secondary N) is 1. The maximum absolute atomic E-state index is 12.7. The second kappa shape index (κ2) is 5.55. The zero-order chi connectivity index (χ0) is 15.6. The number of ether oxygens (including phenoxy) is 1. The van der Waals surface area contributed by atoms with E-state index in [0.29, 0.717) is 6.42 Å². The molecule has 2 amide bonds. The Morgan fingerprint density at radius 2 is 2.29 bits per heavy atom. The maximum atomic E-state index is 12.7. The van der Waals surface area contributed by atoms with Crippen molar-refractivity contribution in [3.8, 4) is 0 Å². The summed E-state index contributed by atoms with van der Waals surface area (Å²) < 4.78 is 44.3. The lowest BCUT2D eigenvalue weighted by Gasteiger charge is -2.07. The number of rotatable bonds is 3. The number of hydrogen-bond acceptors (Lipinski definition) is 3. The number of pyridine rings is 1. The molecule has 0 aromatic carbocycles. The zero-order valence-corrected chi connectivity index (χ0v) is 11.1. The van der Waals surface area contributed by atoms with Crippen molar-refractivity contribution in [1.82, 2.24) is 10.3 Å². The number of hydrogen-bond donors (Lipinski definition) is 1. The van der Waals surface area contributed by atoms with Gasteiger partial charge in [-0.2, -0.15) is 13.2 Å². The molecule has 1 atom stereocenters. The first-order valence-corrected chi connectivity index (χ1v) is 6.04. The monoisotopic (exact) mass is 300 g/mol. The number of nitrogens with zero attached hydrogens (tertiary/aromatic N) is 2. The highest BCUT2D eigenvalue weighted by molar-refractivity contribution is 5.92. The fraction of sp³-hybridized carbons (Fsp3) is 0.308. The molecule has 1 unspecified atom stereocenters. The van der Waals surface area contributed by atoms with Crippen LogP contribution < -0.4 is 5.32 Å². The Kier molecular flexibility index (Phi) is 3.97. The quantitative estimate of drug-likeness (QED) is 0.689. The molecule has 21 heavy (non-hydrogen) atoms. The molecular formula is C13H13F3N3O2+. The van der Waals surface area contributed by atoms with Gasteiger partial charge in [-0.05, 0) is 6.07 Å². The van der Waals surface area contributed by atoms with E-state index in [1.54, 1.807) is 6.08 Å². The van der Waals surface area contributed by atoms with Crippen LogP contribution in [0.1, 0.15) is 12.0 Å². The van der Waals surface area contributed by atoms with Gasteiger partial charge in [0, 0.05) is 12.5 Å². The third-order valence-corrected chi connectivity index (χ3v) is 2.93. The summed E-state index contributed by atoms with van der Waals surface area (Å²) in [5.41, 5.74) is -0.886. The lowest BCUT2D eigenvalue weighted by molar-refractivity contribution is -0.342. The smallest absolute Gasteiger partial charge is 0.444 e. The minimum atomic E-state index is -4.51. The van der Waals surface area contributed by atoms with Gasteiger partial charge in [-0.25, -0.2) is 4.79 Å². The number of halogens is 3. The normalized spacial score (nSPS) is 18.7. The molecule has 0 spiro atoms. The number of urea groups is 1. The van der Waals surface area contributed by atoms with Crippen LogP contribution in [0.4, 0.5) is 23.8 Å². The Hall–Kier alpha value is -2.38. The molecule has 0 bridgehead atoms. The average molecular weight is 300 g/mol. The lowest BCUT2D eigenvalue weighted by Crippen LogP contribution is -2.32. The molecule has 2 heterocycles. The summed E-state index contributed by atoms with van der Waals surface area (Å²) in [6.07, 6.45) is -1.54. The molecule has 112 valence electrons. The van der Waals surface area contributed by atoms with Crippen molar-refractivity contribution >= 4 is 17.7 Å². The van der Waals surface area contributed by atoms with Crippen molar-refractivity contribution in [3.05, 3.63) is 36.5 Å². The van der Waals surface area contributed by atoms with Gasteiger partial charge in [0.05, 0.1) is 12.7 Å². The molecule has 0 saturated heterocycles. The van der Waals surface area contributed by atoms with Gasteiger partial charge in [0.1, 0.15) is 6.20 Å². The topological polar surface area (TPSA) is 54.2 Å². The van der Waals surface area contributed by atoms with Crippen LogP contribution >= 0.6 is 0 Å². The molecule has 0 aliphatic carbocycles. The van der Waals surface area contributed by atoms with Gasteiger partial charge in [-0.3, -0.25) is 5.32 Å². The molecule has 1 aliphatic heterocycles. The first kappa shape index (κ1) is 15.0. The van der Waals surface area contributed by atoms with Crippen LogP contribution in [0.25, 0.3) is 0 Å². The van der Waals surface area contributed by atoms with Gasteiger partial charge < -0.3 is 4.74 Å². The van der Waals surface area contributed by atoms with Gasteiger partial charge in [-0.1, -0.05) is 6.08 Å². The summed E-state index contributed by atoms with van der Waals surface area (Å²) in [5, 5.41) is 2.60. The Balaban J connectivity index is 2.50. The summed E-state index contributed by atoms with van der Waals surface area (Å²) in [4.78, 5) is 15.8. The van der Waals surface area contributed by atoms with Crippen LogP contribution in [0.2, 0.25) is 0 Å². The number of alkyl halides is 3. The lowest BCUT2D eigenvalue weighted by atomic mass is 10.2. The predicted molar refractivity (Wildman–Crippen MR) is 68.3 cm³/mol. The second-order valence-corrected chi connectivity index (χ2v) is 4.30. The van der Waals surface area contributed by atoms with Crippen molar-refractivity contribution in [1.29, 1.82) is 0 Å². The van der Waals surface area contributed by atoms with E-state index in [1.807, 2.05) is 0 Å². The van der Waals surface area contributed by atoms with E-state index in [4.69, 9.17) is 4.74 Å². The molecule has 8 heteroatoms. The first-order valence-electron chi connectivity index (χ1n) is 6.04. The molecule has 0 radical (unpaired) electrons. The number of amides is 2. The van der Waals surface area contributed by atoms with Crippen molar-refractivity contribution in [2.24, 2.45) is 0 Å². The van der Waals surface area contributed by atoms with Gasteiger partial charge in [0.2, 0.25) is 0 Å². The van der Waals surface area contributed by atoms with Crippen LogP contribution in [-0.4, -0.2) is 34.6 Å². The summed E-state index contributed by atoms with van der Waals surface area (Å²) in [7, 11) is 1.34. The maximum Gasteiger partial charge on any atom is 0.444 e. The highest BCUT2D eigenvalue weighted by Crippen LogP contribution is 2.31. The van der Waals surface area contributed by atoms with Crippen LogP contribution in [0.3, 0.4) is 0 Å². The van der Waals surface area contributed by atoms with Crippen molar-refractivity contribution in [2.75, 3.05) is 7.11 Å². The van der Waals surface area contributed by atoms with E-state index in [1.165, 1.54) is 7.11 Å². The third kappa shape index (κ3) is 2.88. The molecule has 1 N–H and O–H groups in total. The number of aromatic nitrogens is 1. The fourth-order valence-corrected chi connectivity index (χ4v) is 2.03. The van der Waals surface area contributed by atoms with Crippen LogP contribution in [0.15, 0.2) is 31.0 Å². The summed E-state index contributed by atoms with van der Waals surface area (Å²) in [6, 6.07) is 0.571. The molecule has 1 aliphatic rings. The number of methoxy groups -OCH3 is 1. The summed E-state index contributed by atoms with van der Waals surface area (Å²) in [5.74, 6) is 0.0393. The molecule has 1 aromatic rings. The van der Waals surface area contributed by atoms with Crippen LogP contribution in [0, 0.1) is 0 Å². The van der Waals surface area contributed by atoms with E-state index in [2.05, 4.69) is 16.9 Å². The van der Waals surface area contributed by atoms with E-state index in [0.717, 1.165) is 22.9 Å². The Morgan fingerprint density at radius 3 is 2.86 bits per heavy atom. The van der Waals surface area contributed by atoms with Gasteiger partial charge in [0.15, 0.2) is 6.04 Å². The highest BCUT2D eigenvalue weighted by atomic mass is 19.4. The average Bonchev–Trinajstić information content (AvgIpc) is 2.74. The number of carbonyl (C=O) groups is 1. The molecule has 1 aromatic heterocycles. The highest BCUT2D eigenvalue weighted by Gasteiger charge is 2.40. The van der Waals surface area contributed by atoms with Crippen molar-refractivity contribution < 1.29 is 27.3 Å². The van der Waals surface area contributed by atoms with Gasteiger partial charge in [-0.15, -0.1) is 16.1 Å². The van der Waals surface area contributed by atoms with Crippen LogP contribution in [-0.2, 0) is 10.9 Å². The van der Waals surface area contributed by atoms with Crippen molar-refractivity contribution in [3.63, 3.8) is 0 Å². The van der Waals surface area contributed by atoms with E-state index >= 15 is 0 Å². The number of carbonyl (C=O) groups excluding carboxylic acids is 1. The molecule has 0 fully saturated rings. The van der Waals surface area contributed by atoms with Gasteiger partial charge >= 0.3 is 12.2 Å². The Bertz CT molecular complexity index is 611. The van der Waals surface area contributed by atoms with E-state index in [-0.39, 0.29) is 11.7 Å². The Labute approximate surface area is 118 Å². The molecule has 2 rings (SSSR count). The fourth-order valence-electron chi connectivity index (χ4n) is 2.03. The molecule has 5 nitrogen and oxygen atoms in total. The minimum Gasteiger partial charge on any atom is -0.471 e. The van der Waals surface area contributed by atoms with Gasteiger partial charge in [0.25, 0.3) is 11.7 Å². The van der Waals surface area contributed by atoms with Crippen molar-refractivity contribution in [2.45, 2.75) is 18.6 Å². The molecule has 0 saturated carbocycles. The second-order valence-electron chi connectivity index (χ2n) is 4.30.